The molecule has 0 amide bonds. The van der Waals surface area contributed by atoms with E-state index in [4.69, 9.17) is 5.11 Å². The average Bonchev–Trinajstić information content (AvgIpc) is 2.43. The van der Waals surface area contributed by atoms with Gasteiger partial charge in [0.25, 0.3) is 0 Å². The zero-order valence-electron chi connectivity index (χ0n) is 7.21. The number of carboxylic acids is 1. The van der Waals surface area contributed by atoms with Crippen LogP contribution in [0, 0.1) is 10.1 Å². The summed E-state index contributed by atoms with van der Waals surface area (Å²) >= 11 is 0. The molecule has 0 spiro atoms. The molecule has 1 N–H and O–H groups in total. The quantitative estimate of drug-likeness (QED) is 0.533. The van der Waals surface area contributed by atoms with Crippen LogP contribution in [0.25, 0.3) is 0 Å². The average molecular weight is 201 g/mol. The molecule has 8 heteroatoms. The topological polar surface area (TPSA) is 107 Å². The fourth-order valence-corrected chi connectivity index (χ4v) is 0.814. The first-order valence-electron chi connectivity index (χ1n) is 3.53. The van der Waals surface area contributed by atoms with Gasteiger partial charge < -0.3 is 9.84 Å². The van der Waals surface area contributed by atoms with Crippen LogP contribution in [-0.4, -0.2) is 32.4 Å². The third-order valence-electron chi connectivity index (χ3n) is 1.31. The molecule has 0 radical (unpaired) electrons. The van der Waals surface area contributed by atoms with E-state index in [2.05, 4.69) is 9.84 Å². The number of carbonyl (C=O) groups is 1. The second-order valence-electron chi connectivity index (χ2n) is 2.43. The number of nitrogens with zero attached hydrogens (tertiary/aromatic N) is 3. The maximum atomic E-state index is 10.4. The fourth-order valence-electron chi connectivity index (χ4n) is 0.814. The van der Waals surface area contributed by atoms with Crippen molar-refractivity contribution in [3.05, 3.63) is 16.3 Å². The summed E-state index contributed by atoms with van der Waals surface area (Å²) in [5, 5.41) is 22.3. The van der Waals surface area contributed by atoms with Crippen LogP contribution >= 0.6 is 0 Å². The molecule has 1 rings (SSSR count). The Morgan fingerprint density at radius 2 is 2.50 bits per heavy atom. The summed E-state index contributed by atoms with van der Waals surface area (Å²) < 4.78 is 5.78. The van der Waals surface area contributed by atoms with Gasteiger partial charge >= 0.3 is 17.5 Å². The van der Waals surface area contributed by atoms with E-state index in [9.17, 15) is 14.9 Å². The lowest BCUT2D eigenvalue weighted by Crippen LogP contribution is -2.10. The van der Waals surface area contributed by atoms with E-state index in [1.165, 1.54) is 11.7 Å². The second-order valence-corrected chi connectivity index (χ2v) is 2.43. The summed E-state index contributed by atoms with van der Waals surface area (Å²) in [5.41, 5.74) is -0.353. The first-order chi connectivity index (χ1) is 6.50. The van der Waals surface area contributed by atoms with Gasteiger partial charge in [0.2, 0.25) is 0 Å². The zero-order valence-corrected chi connectivity index (χ0v) is 7.21. The van der Waals surface area contributed by atoms with Crippen LogP contribution in [0.4, 0.5) is 5.69 Å². The molecule has 0 saturated heterocycles. The number of carboxylic acid groups (broad SMARTS) is 1. The van der Waals surface area contributed by atoms with Crippen molar-refractivity contribution in [1.29, 1.82) is 0 Å². The molecule has 0 saturated carbocycles. The number of hydrogen-bond donors (Lipinski definition) is 1. The predicted molar refractivity (Wildman–Crippen MR) is 43.0 cm³/mol. The van der Waals surface area contributed by atoms with Gasteiger partial charge in [-0.2, -0.15) is 0 Å². The number of aliphatic carboxylic acids is 1. The van der Waals surface area contributed by atoms with Crippen LogP contribution in [0.2, 0.25) is 0 Å². The first kappa shape index (κ1) is 9.96. The van der Waals surface area contributed by atoms with Crippen molar-refractivity contribution in [3.63, 3.8) is 0 Å². The number of hydrogen-bond acceptors (Lipinski definition) is 5. The van der Waals surface area contributed by atoms with Crippen molar-refractivity contribution in [2.24, 2.45) is 7.05 Å². The summed E-state index contributed by atoms with van der Waals surface area (Å²) in [6.07, 6.45) is 1.14. The Morgan fingerprint density at radius 3 is 3.00 bits per heavy atom. The first-order valence-corrected chi connectivity index (χ1v) is 3.53. The van der Waals surface area contributed by atoms with E-state index in [-0.39, 0.29) is 11.6 Å². The lowest BCUT2D eigenvalue weighted by atomic mass is 10.5. The van der Waals surface area contributed by atoms with E-state index in [0.717, 1.165) is 6.20 Å². The molecule has 14 heavy (non-hydrogen) atoms. The molecule has 0 unspecified atom stereocenters. The van der Waals surface area contributed by atoms with Gasteiger partial charge in [0, 0.05) is 7.05 Å². The van der Waals surface area contributed by atoms with Crippen molar-refractivity contribution in [2.45, 2.75) is 0 Å². The SMILES string of the molecule is Cn1cc([N+](=O)[O-])c(OCC(=O)O)n1. The van der Waals surface area contributed by atoms with Gasteiger partial charge in [-0.15, -0.1) is 5.10 Å². The van der Waals surface area contributed by atoms with Gasteiger partial charge in [-0.3, -0.25) is 14.8 Å². The summed E-state index contributed by atoms with van der Waals surface area (Å²) in [6, 6.07) is 0. The fraction of sp³-hybridized carbons (Fsp3) is 0.333. The van der Waals surface area contributed by atoms with Gasteiger partial charge in [0.15, 0.2) is 6.61 Å². The molecule has 0 bridgehead atoms. The highest BCUT2D eigenvalue weighted by molar-refractivity contribution is 5.68. The molecule has 8 nitrogen and oxygen atoms in total. The molecular weight excluding hydrogens is 194 g/mol. The molecule has 76 valence electrons. The molecule has 0 aliphatic heterocycles. The Hall–Kier alpha value is -2.12. The van der Waals surface area contributed by atoms with E-state index >= 15 is 0 Å². The third-order valence-corrected chi connectivity index (χ3v) is 1.31. The van der Waals surface area contributed by atoms with Crippen LogP contribution in [0.3, 0.4) is 0 Å². The molecule has 1 aromatic heterocycles. The Kier molecular flexibility index (Phi) is 2.65. The smallest absolute Gasteiger partial charge is 0.350 e. The predicted octanol–water partition coefficient (Wildman–Crippen LogP) is -0.208. The summed E-state index contributed by atoms with van der Waals surface area (Å²) in [4.78, 5) is 19.8. The van der Waals surface area contributed by atoms with Crippen LogP contribution in [0.15, 0.2) is 6.20 Å². The molecule has 0 atom stereocenters. The van der Waals surface area contributed by atoms with Crippen LogP contribution < -0.4 is 4.74 Å². The van der Waals surface area contributed by atoms with Gasteiger partial charge in [-0.1, -0.05) is 0 Å². The molecule has 1 aromatic rings. The van der Waals surface area contributed by atoms with Gasteiger partial charge in [0.1, 0.15) is 6.20 Å². The molecule has 0 aromatic carbocycles. The standard InChI is InChI=1S/C6H7N3O5/c1-8-2-4(9(12)13)6(7-8)14-3-5(10)11/h2H,3H2,1H3,(H,10,11). The monoisotopic (exact) mass is 201 g/mol. The van der Waals surface area contributed by atoms with E-state index in [1.54, 1.807) is 0 Å². The van der Waals surface area contributed by atoms with Gasteiger partial charge in [0.05, 0.1) is 4.92 Å². The van der Waals surface area contributed by atoms with Crippen LogP contribution in [0.5, 0.6) is 5.88 Å². The third kappa shape index (κ3) is 2.19. The highest BCUT2D eigenvalue weighted by Gasteiger charge is 2.20. The minimum absolute atomic E-state index is 0.292. The number of aryl methyl sites for hydroxylation is 1. The zero-order chi connectivity index (χ0) is 10.7. The minimum Gasteiger partial charge on any atom is -0.479 e. The molecule has 1 heterocycles. The minimum atomic E-state index is -1.22. The Bertz CT molecular complexity index is 372. The Balaban J connectivity index is 2.84. The Morgan fingerprint density at radius 1 is 1.86 bits per heavy atom. The maximum absolute atomic E-state index is 10.4. The second kappa shape index (κ2) is 3.73. The van der Waals surface area contributed by atoms with Crippen molar-refractivity contribution in [2.75, 3.05) is 6.61 Å². The summed E-state index contributed by atoms with van der Waals surface area (Å²) in [6.45, 7) is -0.655. The summed E-state index contributed by atoms with van der Waals surface area (Å²) in [5.74, 6) is -1.51. The number of rotatable bonds is 4. The van der Waals surface area contributed by atoms with Crippen molar-refractivity contribution >= 4 is 11.7 Å². The van der Waals surface area contributed by atoms with Gasteiger partial charge in [-0.25, -0.2) is 4.79 Å². The van der Waals surface area contributed by atoms with Crippen molar-refractivity contribution < 1.29 is 19.6 Å². The highest BCUT2D eigenvalue weighted by atomic mass is 16.6. The summed E-state index contributed by atoms with van der Waals surface area (Å²) in [7, 11) is 1.47. The molecule has 0 fully saturated rings. The molecule has 0 aliphatic carbocycles. The normalized spacial score (nSPS) is 9.79. The van der Waals surface area contributed by atoms with Crippen LogP contribution in [-0.2, 0) is 11.8 Å². The van der Waals surface area contributed by atoms with E-state index in [0.29, 0.717) is 0 Å². The van der Waals surface area contributed by atoms with E-state index in [1.807, 2.05) is 0 Å². The number of ether oxygens (including phenoxy) is 1. The van der Waals surface area contributed by atoms with Crippen molar-refractivity contribution in [3.8, 4) is 5.88 Å². The lowest BCUT2D eigenvalue weighted by molar-refractivity contribution is -0.385. The molecule has 0 aliphatic rings. The lowest BCUT2D eigenvalue weighted by Gasteiger charge is -1.96. The largest absolute Gasteiger partial charge is 0.479 e. The highest BCUT2D eigenvalue weighted by Crippen LogP contribution is 2.23. The maximum Gasteiger partial charge on any atom is 0.350 e. The van der Waals surface area contributed by atoms with Crippen molar-refractivity contribution in [1.82, 2.24) is 9.78 Å². The van der Waals surface area contributed by atoms with E-state index < -0.39 is 17.5 Å². The van der Waals surface area contributed by atoms with Gasteiger partial charge in [-0.05, 0) is 0 Å². The number of aromatic nitrogens is 2. The Labute approximate surface area is 77.9 Å². The van der Waals surface area contributed by atoms with Crippen LogP contribution in [0.1, 0.15) is 0 Å². The molecular formula is C6H7N3O5. The number of nitro groups is 1.